The minimum Gasteiger partial charge on any atom is -0.497 e. The summed E-state index contributed by atoms with van der Waals surface area (Å²) in [4.78, 5) is 13.9. The van der Waals surface area contributed by atoms with E-state index in [9.17, 15) is 4.79 Å². The minimum absolute atomic E-state index is 0.201. The third kappa shape index (κ3) is 7.41. The summed E-state index contributed by atoms with van der Waals surface area (Å²) in [6.45, 7) is 11.6. The minimum atomic E-state index is -0.933. The molecule has 7 heteroatoms. The van der Waals surface area contributed by atoms with Crippen molar-refractivity contribution < 1.29 is 19.0 Å². The van der Waals surface area contributed by atoms with Crippen molar-refractivity contribution in [3.63, 3.8) is 0 Å². The van der Waals surface area contributed by atoms with Gasteiger partial charge in [-0.25, -0.2) is 5.84 Å². The van der Waals surface area contributed by atoms with E-state index in [4.69, 9.17) is 25.8 Å². The van der Waals surface area contributed by atoms with Crippen LogP contribution >= 0.6 is 0 Å². The van der Waals surface area contributed by atoms with Crippen molar-refractivity contribution in [2.75, 3.05) is 24.4 Å². The first-order valence-corrected chi connectivity index (χ1v) is 15.0. The molecule has 232 valence electrons. The Hall–Kier alpha value is -4.33. The summed E-state index contributed by atoms with van der Waals surface area (Å²) in [6, 6.07) is 27.9. The van der Waals surface area contributed by atoms with Crippen LogP contribution in [0, 0.1) is 19.3 Å². The number of nitrogens with two attached hydrogens (primary N) is 2. The van der Waals surface area contributed by atoms with Crippen LogP contribution in [0.4, 0.5) is 11.4 Å². The molecule has 4 aromatic rings. The highest BCUT2D eigenvalue weighted by atomic mass is 16.5. The number of anilines is 2. The van der Waals surface area contributed by atoms with Crippen LogP contribution in [-0.2, 0) is 34.1 Å². The Morgan fingerprint density at radius 3 is 2.23 bits per heavy atom. The van der Waals surface area contributed by atoms with Gasteiger partial charge in [0.15, 0.2) is 0 Å². The number of hydrogen-bond donors (Lipinski definition) is 2. The fourth-order valence-corrected chi connectivity index (χ4v) is 5.50. The summed E-state index contributed by atoms with van der Waals surface area (Å²) in [5, 5.41) is 1.63. The van der Waals surface area contributed by atoms with Crippen molar-refractivity contribution in [2.24, 2.45) is 11.3 Å². The highest BCUT2D eigenvalue weighted by molar-refractivity contribution is 5.80. The van der Waals surface area contributed by atoms with Crippen molar-refractivity contribution in [3.05, 3.63) is 124 Å². The lowest BCUT2D eigenvalue weighted by Crippen LogP contribution is -2.35. The summed E-state index contributed by atoms with van der Waals surface area (Å²) < 4.78 is 17.3. The van der Waals surface area contributed by atoms with Gasteiger partial charge in [0.1, 0.15) is 12.4 Å². The predicted molar refractivity (Wildman–Crippen MR) is 177 cm³/mol. The molecule has 0 aliphatic rings. The van der Waals surface area contributed by atoms with E-state index >= 15 is 0 Å². The van der Waals surface area contributed by atoms with Crippen LogP contribution in [0.25, 0.3) is 0 Å². The molecule has 0 aromatic heterocycles. The van der Waals surface area contributed by atoms with Gasteiger partial charge >= 0.3 is 5.97 Å². The molecule has 44 heavy (non-hydrogen) atoms. The zero-order valence-corrected chi connectivity index (χ0v) is 26.7. The number of carbonyl (C=O) groups is 1. The largest absolute Gasteiger partial charge is 0.497 e. The van der Waals surface area contributed by atoms with Gasteiger partial charge in [-0.15, -0.1) is 0 Å². The predicted octanol–water partition coefficient (Wildman–Crippen LogP) is 7.21. The monoisotopic (exact) mass is 595 g/mol. The fraction of sp³-hybridized carbons (Fsp3) is 0.324. The Kier molecular flexibility index (Phi) is 10.7. The average molecular weight is 596 g/mol. The highest BCUT2D eigenvalue weighted by Crippen LogP contribution is 2.46. The van der Waals surface area contributed by atoms with Crippen LogP contribution < -0.4 is 21.3 Å². The molecule has 0 aliphatic heterocycles. The Labute approximate surface area is 261 Å². The SMILES string of the molecule is CCN(N)c1ccc(C(c2ccc(C)c(COCc3ccc(OC)cc3)c2)C(C)(C)C(=O)OCc2ccccc2)c(C)c1N. The van der Waals surface area contributed by atoms with Gasteiger partial charge in [-0.2, -0.15) is 0 Å². The molecule has 0 fully saturated rings. The Morgan fingerprint density at radius 1 is 0.886 bits per heavy atom. The number of ether oxygens (including phenoxy) is 3. The molecule has 1 unspecified atom stereocenters. The number of nitrogens with zero attached hydrogens (tertiary/aromatic N) is 1. The van der Waals surface area contributed by atoms with Crippen LogP contribution in [-0.4, -0.2) is 19.6 Å². The smallest absolute Gasteiger partial charge is 0.312 e. The van der Waals surface area contributed by atoms with Gasteiger partial charge in [-0.1, -0.05) is 66.7 Å². The number of hydrazine groups is 1. The van der Waals surface area contributed by atoms with Gasteiger partial charge in [0.2, 0.25) is 0 Å². The number of nitrogen functional groups attached to an aromatic ring is 1. The fourth-order valence-electron chi connectivity index (χ4n) is 5.50. The van der Waals surface area contributed by atoms with E-state index in [0.717, 1.165) is 50.4 Å². The summed E-state index contributed by atoms with van der Waals surface area (Å²) >= 11 is 0. The number of aryl methyl sites for hydroxylation is 1. The number of rotatable bonds is 13. The zero-order valence-electron chi connectivity index (χ0n) is 26.7. The zero-order chi connectivity index (χ0) is 31.9. The van der Waals surface area contributed by atoms with E-state index in [1.807, 2.05) is 94.4 Å². The highest BCUT2D eigenvalue weighted by Gasteiger charge is 2.41. The number of esters is 1. The van der Waals surface area contributed by atoms with Crippen LogP contribution in [0.2, 0.25) is 0 Å². The maximum absolute atomic E-state index is 13.9. The lowest BCUT2D eigenvalue weighted by Gasteiger charge is -2.35. The van der Waals surface area contributed by atoms with Gasteiger partial charge < -0.3 is 25.0 Å². The second-order valence-corrected chi connectivity index (χ2v) is 11.7. The van der Waals surface area contributed by atoms with E-state index in [1.54, 1.807) is 12.1 Å². The lowest BCUT2D eigenvalue weighted by molar-refractivity contribution is -0.156. The first-order valence-electron chi connectivity index (χ1n) is 15.0. The average Bonchev–Trinajstić information content (AvgIpc) is 3.03. The van der Waals surface area contributed by atoms with Crippen LogP contribution in [0.15, 0.2) is 84.9 Å². The molecule has 0 radical (unpaired) electrons. The van der Waals surface area contributed by atoms with E-state index in [0.29, 0.717) is 25.4 Å². The van der Waals surface area contributed by atoms with Crippen molar-refractivity contribution >= 4 is 17.3 Å². The van der Waals surface area contributed by atoms with Crippen LogP contribution in [0.3, 0.4) is 0 Å². The number of benzene rings is 4. The van der Waals surface area contributed by atoms with Crippen molar-refractivity contribution in [3.8, 4) is 5.75 Å². The normalized spacial score (nSPS) is 12.1. The lowest BCUT2D eigenvalue weighted by atomic mass is 9.69. The summed E-state index contributed by atoms with van der Waals surface area (Å²) in [6.07, 6.45) is 0. The molecule has 0 bridgehead atoms. The summed E-state index contributed by atoms with van der Waals surface area (Å²) in [7, 11) is 1.65. The van der Waals surface area contributed by atoms with E-state index in [-0.39, 0.29) is 18.5 Å². The van der Waals surface area contributed by atoms with Crippen molar-refractivity contribution in [1.82, 2.24) is 0 Å². The summed E-state index contributed by atoms with van der Waals surface area (Å²) in [5.41, 5.74) is 14.1. The molecule has 4 aromatic carbocycles. The molecular formula is C37H45N3O4. The first-order chi connectivity index (χ1) is 21.1. The number of hydrogen-bond acceptors (Lipinski definition) is 7. The van der Waals surface area contributed by atoms with Gasteiger partial charge in [-0.05, 0) is 91.8 Å². The van der Waals surface area contributed by atoms with E-state index < -0.39 is 5.41 Å². The number of methoxy groups -OCH3 is 1. The van der Waals surface area contributed by atoms with Gasteiger partial charge in [0, 0.05) is 12.5 Å². The van der Waals surface area contributed by atoms with Crippen LogP contribution in [0.1, 0.15) is 65.6 Å². The van der Waals surface area contributed by atoms with Gasteiger partial charge in [0.05, 0.1) is 37.1 Å². The molecule has 7 nitrogen and oxygen atoms in total. The Balaban J connectivity index is 1.69. The summed E-state index contributed by atoms with van der Waals surface area (Å²) in [5.74, 6) is 6.40. The molecule has 4 rings (SSSR count). The molecule has 4 N–H and O–H groups in total. The third-order valence-electron chi connectivity index (χ3n) is 8.35. The van der Waals surface area contributed by atoms with Crippen LogP contribution in [0.5, 0.6) is 5.75 Å². The molecule has 1 atom stereocenters. The third-order valence-corrected chi connectivity index (χ3v) is 8.35. The van der Waals surface area contributed by atoms with E-state index in [1.165, 1.54) is 0 Å². The van der Waals surface area contributed by atoms with Gasteiger partial charge in [0.25, 0.3) is 0 Å². The topological polar surface area (TPSA) is 100 Å². The molecular weight excluding hydrogens is 550 g/mol. The van der Waals surface area contributed by atoms with Crippen molar-refractivity contribution in [2.45, 2.75) is 60.4 Å². The molecule has 0 saturated heterocycles. The standard InChI is InChI=1S/C37H45N3O4/c1-7-40(39)33-20-19-32(26(3)35(33)38)34(37(4,5)36(41)44-23-27-11-9-8-10-12-27)29-16-13-25(2)30(21-29)24-43-22-28-14-17-31(42-6)18-15-28/h8-21,34H,7,22-24,38-39H2,1-6H3. The van der Waals surface area contributed by atoms with Crippen molar-refractivity contribution in [1.29, 1.82) is 0 Å². The molecule has 0 amide bonds. The quantitative estimate of drug-likeness (QED) is 0.0729. The Morgan fingerprint density at radius 2 is 1.57 bits per heavy atom. The number of carbonyl (C=O) groups excluding carboxylic acids is 1. The van der Waals surface area contributed by atoms with Gasteiger partial charge in [-0.3, -0.25) is 4.79 Å². The molecule has 0 spiro atoms. The maximum atomic E-state index is 13.9. The molecule has 0 saturated carbocycles. The first kappa shape index (κ1) is 32.6. The molecule has 0 aliphatic carbocycles. The van der Waals surface area contributed by atoms with E-state index in [2.05, 4.69) is 25.1 Å². The Bertz CT molecular complexity index is 1550. The maximum Gasteiger partial charge on any atom is 0.312 e. The second-order valence-electron chi connectivity index (χ2n) is 11.7. The molecule has 0 heterocycles. The second kappa shape index (κ2) is 14.4.